The number of hydrogen-bond acceptors (Lipinski definition) is 7. The van der Waals surface area contributed by atoms with Gasteiger partial charge in [0.05, 0.1) is 10.6 Å². The number of carbonyl (C=O) groups excluding carboxylic acids is 1. The Labute approximate surface area is 177 Å². The number of rotatable bonds is 6. The predicted molar refractivity (Wildman–Crippen MR) is 113 cm³/mol. The summed E-state index contributed by atoms with van der Waals surface area (Å²) in [5, 5.41) is 2.96. The van der Waals surface area contributed by atoms with Crippen molar-refractivity contribution in [2.75, 3.05) is 11.5 Å². The smallest absolute Gasteiger partial charge is 0.263 e. The molecule has 0 unspecified atom stereocenters. The molecule has 156 valence electrons. The number of hydrogen-bond donors (Lipinski definition) is 2. The highest BCUT2D eigenvalue weighted by Crippen LogP contribution is 2.32. The van der Waals surface area contributed by atoms with Gasteiger partial charge in [0.1, 0.15) is 4.88 Å². The molecule has 0 radical (unpaired) electrons. The molecule has 0 atom stereocenters. The molecule has 2 N–H and O–H groups in total. The highest BCUT2D eigenvalue weighted by molar-refractivity contribution is 7.93. The fourth-order valence-electron chi connectivity index (χ4n) is 2.86. The Balaban J connectivity index is 1.44. The maximum Gasteiger partial charge on any atom is 0.263 e. The average Bonchev–Trinajstić information content (AvgIpc) is 3.31. The normalized spacial score (nSPS) is 12.6. The van der Waals surface area contributed by atoms with Gasteiger partial charge >= 0.3 is 0 Å². The van der Waals surface area contributed by atoms with Gasteiger partial charge in [0, 0.05) is 6.54 Å². The van der Waals surface area contributed by atoms with Crippen molar-refractivity contribution in [2.45, 2.75) is 25.3 Å². The van der Waals surface area contributed by atoms with Crippen LogP contribution in [0.4, 0.5) is 5.13 Å². The Morgan fingerprint density at radius 2 is 1.83 bits per heavy atom. The molecule has 3 aromatic rings. The SMILES string of the molecule is Cc1ccc(S(=O)(=O)Nc2nc(C)c(C(=O)NCc3ccc4c(c3)OCO4)s2)cc1. The number of carbonyl (C=O) groups is 1. The number of anilines is 1. The summed E-state index contributed by atoms with van der Waals surface area (Å²) in [6, 6.07) is 11.9. The van der Waals surface area contributed by atoms with Crippen LogP contribution >= 0.6 is 11.3 Å². The molecule has 1 aliphatic rings. The third-order valence-electron chi connectivity index (χ3n) is 4.45. The lowest BCUT2D eigenvalue weighted by atomic mass is 10.2. The number of amides is 1. The fourth-order valence-corrected chi connectivity index (χ4v) is 4.97. The molecule has 0 bridgehead atoms. The second-order valence-corrected chi connectivity index (χ2v) is 9.40. The van der Waals surface area contributed by atoms with Crippen LogP contribution in [0.25, 0.3) is 0 Å². The van der Waals surface area contributed by atoms with E-state index in [1.807, 2.05) is 19.1 Å². The summed E-state index contributed by atoms with van der Waals surface area (Å²) in [6.45, 7) is 4.02. The van der Waals surface area contributed by atoms with Crippen LogP contribution in [0.2, 0.25) is 0 Å². The predicted octanol–water partition coefficient (Wildman–Crippen LogP) is 3.22. The van der Waals surface area contributed by atoms with Gasteiger partial charge in [0.15, 0.2) is 16.6 Å². The van der Waals surface area contributed by atoms with E-state index in [2.05, 4.69) is 15.0 Å². The zero-order valence-electron chi connectivity index (χ0n) is 16.3. The van der Waals surface area contributed by atoms with Gasteiger partial charge in [0.25, 0.3) is 15.9 Å². The summed E-state index contributed by atoms with van der Waals surface area (Å²) < 4.78 is 38.1. The number of ether oxygens (including phenoxy) is 2. The van der Waals surface area contributed by atoms with E-state index in [0.29, 0.717) is 22.1 Å². The molecule has 4 rings (SSSR count). The number of nitrogens with zero attached hydrogens (tertiary/aromatic N) is 1. The van der Waals surface area contributed by atoms with Crippen molar-refractivity contribution in [3.05, 3.63) is 64.2 Å². The highest BCUT2D eigenvalue weighted by Gasteiger charge is 2.20. The van der Waals surface area contributed by atoms with Gasteiger partial charge in [-0.2, -0.15) is 0 Å². The number of thiazole rings is 1. The molecule has 1 aromatic heterocycles. The highest BCUT2D eigenvalue weighted by atomic mass is 32.2. The minimum absolute atomic E-state index is 0.134. The van der Waals surface area contributed by atoms with Crippen molar-refractivity contribution in [1.82, 2.24) is 10.3 Å². The maximum atomic E-state index is 12.6. The van der Waals surface area contributed by atoms with Gasteiger partial charge in [-0.25, -0.2) is 13.4 Å². The van der Waals surface area contributed by atoms with E-state index in [-0.39, 0.29) is 29.3 Å². The van der Waals surface area contributed by atoms with Crippen molar-refractivity contribution in [1.29, 1.82) is 0 Å². The molecule has 0 saturated carbocycles. The molecule has 2 aromatic carbocycles. The molecule has 1 aliphatic heterocycles. The van der Waals surface area contributed by atoms with E-state index in [1.165, 1.54) is 12.1 Å². The molecule has 2 heterocycles. The van der Waals surface area contributed by atoms with Crippen LogP contribution in [-0.4, -0.2) is 26.1 Å². The van der Waals surface area contributed by atoms with E-state index in [4.69, 9.17) is 9.47 Å². The van der Waals surface area contributed by atoms with Gasteiger partial charge in [0.2, 0.25) is 6.79 Å². The van der Waals surface area contributed by atoms with Crippen molar-refractivity contribution < 1.29 is 22.7 Å². The summed E-state index contributed by atoms with van der Waals surface area (Å²) in [6.07, 6.45) is 0. The monoisotopic (exact) mass is 445 g/mol. The standard InChI is InChI=1S/C20H19N3O5S2/c1-12-3-6-15(7-4-12)30(25,26)23-20-22-13(2)18(29-20)19(24)21-10-14-5-8-16-17(9-14)28-11-27-16/h3-9H,10-11H2,1-2H3,(H,21,24)(H,22,23). The molecular formula is C20H19N3O5S2. The summed E-state index contributed by atoms with van der Waals surface area (Å²) in [7, 11) is -3.78. The number of nitrogens with one attached hydrogen (secondary N) is 2. The van der Waals surface area contributed by atoms with Crippen molar-refractivity contribution in [2.24, 2.45) is 0 Å². The van der Waals surface area contributed by atoms with Gasteiger partial charge in [-0.15, -0.1) is 0 Å². The number of aryl methyl sites for hydroxylation is 2. The lowest BCUT2D eigenvalue weighted by molar-refractivity contribution is 0.0954. The second kappa shape index (κ2) is 7.96. The first kappa shape index (κ1) is 20.2. The van der Waals surface area contributed by atoms with Gasteiger partial charge in [-0.1, -0.05) is 35.1 Å². The molecule has 1 amide bonds. The first-order chi connectivity index (χ1) is 14.3. The molecule has 0 fully saturated rings. The molecule has 10 heteroatoms. The second-order valence-electron chi connectivity index (χ2n) is 6.72. The van der Waals surface area contributed by atoms with Crippen LogP contribution in [0, 0.1) is 13.8 Å². The lowest BCUT2D eigenvalue weighted by Crippen LogP contribution is -2.22. The van der Waals surface area contributed by atoms with Gasteiger partial charge in [-0.05, 0) is 43.7 Å². The largest absolute Gasteiger partial charge is 0.454 e. The minimum Gasteiger partial charge on any atom is -0.454 e. The van der Waals surface area contributed by atoms with Gasteiger partial charge in [-0.3, -0.25) is 9.52 Å². The number of benzene rings is 2. The minimum atomic E-state index is -3.78. The fraction of sp³-hybridized carbons (Fsp3) is 0.200. The molecule has 8 nitrogen and oxygen atoms in total. The zero-order chi connectivity index (χ0) is 21.3. The molecule has 30 heavy (non-hydrogen) atoms. The molecule has 0 saturated heterocycles. The van der Waals surface area contributed by atoms with Crippen molar-refractivity contribution >= 4 is 32.4 Å². The average molecular weight is 446 g/mol. The molecular weight excluding hydrogens is 426 g/mol. The van der Waals surface area contributed by atoms with Gasteiger partial charge < -0.3 is 14.8 Å². The lowest BCUT2D eigenvalue weighted by Gasteiger charge is -2.06. The summed E-state index contributed by atoms with van der Waals surface area (Å²) >= 11 is 0.989. The Morgan fingerprint density at radius 1 is 1.10 bits per heavy atom. The summed E-state index contributed by atoms with van der Waals surface area (Å²) in [5.74, 6) is 0.987. The van der Waals surface area contributed by atoms with Crippen molar-refractivity contribution in [3.63, 3.8) is 0 Å². The Kier molecular flexibility index (Phi) is 5.35. The van der Waals surface area contributed by atoms with E-state index >= 15 is 0 Å². The first-order valence-electron chi connectivity index (χ1n) is 9.05. The summed E-state index contributed by atoms with van der Waals surface area (Å²) in [4.78, 5) is 17.3. The quantitative estimate of drug-likeness (QED) is 0.603. The van der Waals surface area contributed by atoms with E-state index in [1.54, 1.807) is 25.1 Å². The van der Waals surface area contributed by atoms with Crippen LogP contribution in [0.3, 0.4) is 0 Å². The third kappa shape index (κ3) is 4.24. The van der Waals surface area contributed by atoms with Crippen LogP contribution < -0.4 is 19.5 Å². The van der Waals surface area contributed by atoms with E-state index in [0.717, 1.165) is 22.5 Å². The number of sulfonamides is 1. The van der Waals surface area contributed by atoms with Crippen LogP contribution in [0.1, 0.15) is 26.5 Å². The zero-order valence-corrected chi connectivity index (χ0v) is 17.9. The number of fused-ring (bicyclic) bond motifs is 1. The van der Waals surface area contributed by atoms with Crippen LogP contribution in [0.15, 0.2) is 47.4 Å². The van der Waals surface area contributed by atoms with Crippen LogP contribution in [-0.2, 0) is 16.6 Å². The third-order valence-corrected chi connectivity index (χ3v) is 7.00. The van der Waals surface area contributed by atoms with E-state index in [9.17, 15) is 13.2 Å². The molecule has 0 aliphatic carbocycles. The first-order valence-corrected chi connectivity index (χ1v) is 11.4. The number of aromatic nitrogens is 1. The Morgan fingerprint density at radius 3 is 2.60 bits per heavy atom. The Bertz CT molecular complexity index is 1200. The topological polar surface area (TPSA) is 107 Å². The molecule has 0 spiro atoms. The van der Waals surface area contributed by atoms with E-state index < -0.39 is 10.0 Å². The Hall–Kier alpha value is -3.11. The van der Waals surface area contributed by atoms with Crippen molar-refractivity contribution in [3.8, 4) is 11.5 Å². The van der Waals surface area contributed by atoms with Crippen LogP contribution in [0.5, 0.6) is 11.5 Å². The summed E-state index contributed by atoms with van der Waals surface area (Å²) in [5.41, 5.74) is 2.26. The maximum absolute atomic E-state index is 12.6.